The highest BCUT2D eigenvalue weighted by Crippen LogP contribution is 2.45. The second kappa shape index (κ2) is 10.7. The van der Waals surface area contributed by atoms with E-state index < -0.39 is 11.4 Å². The van der Waals surface area contributed by atoms with E-state index in [-0.39, 0.29) is 0 Å². The molecule has 0 spiro atoms. The van der Waals surface area contributed by atoms with Gasteiger partial charge in [0, 0.05) is 23.8 Å². The van der Waals surface area contributed by atoms with Crippen molar-refractivity contribution in [2.24, 2.45) is 11.8 Å². The summed E-state index contributed by atoms with van der Waals surface area (Å²) in [5.41, 5.74) is 5.47. The highest BCUT2D eigenvalue weighted by molar-refractivity contribution is 6.30. The van der Waals surface area contributed by atoms with Gasteiger partial charge in [-0.1, -0.05) is 66.2 Å². The number of nitrogens with zero attached hydrogens (tertiary/aromatic N) is 1. The lowest BCUT2D eigenvalue weighted by atomic mass is 9.65. The number of rotatable bonds is 6. The van der Waals surface area contributed by atoms with Crippen LogP contribution in [-0.4, -0.2) is 24.2 Å². The first kappa shape index (κ1) is 24.9. The molecule has 1 saturated heterocycles. The highest BCUT2D eigenvalue weighted by Gasteiger charge is 2.43. The molecule has 4 heteroatoms. The molecule has 2 aliphatic rings. The van der Waals surface area contributed by atoms with Crippen LogP contribution in [0.4, 0.5) is 5.69 Å². The Kier molecular flexibility index (Phi) is 7.39. The van der Waals surface area contributed by atoms with Gasteiger partial charge in [-0.15, -0.1) is 0 Å². The number of anilines is 1. The molecule has 1 saturated carbocycles. The lowest BCUT2D eigenvalue weighted by Gasteiger charge is -2.40. The minimum absolute atomic E-state index is 0.629. The fourth-order valence-electron chi connectivity index (χ4n) is 6.58. The molecular weight excluding hydrogens is 466 g/mol. The quantitative estimate of drug-likeness (QED) is 0.370. The smallest absolute Gasteiger partial charge is 0.314 e. The molecule has 1 heterocycles. The van der Waals surface area contributed by atoms with Gasteiger partial charge in [-0.3, -0.25) is 4.79 Å². The molecule has 3 nitrogen and oxygen atoms in total. The molecule has 0 amide bonds. The first-order chi connectivity index (χ1) is 17.5. The maximum atomic E-state index is 12.3. The lowest BCUT2D eigenvalue weighted by molar-refractivity contribution is -0.145. The summed E-state index contributed by atoms with van der Waals surface area (Å²) in [6.45, 7) is 4.45. The molecule has 0 unspecified atom stereocenters. The van der Waals surface area contributed by atoms with Crippen LogP contribution in [0, 0.1) is 18.8 Å². The van der Waals surface area contributed by atoms with Gasteiger partial charge in [0.25, 0.3) is 0 Å². The van der Waals surface area contributed by atoms with E-state index in [1.807, 2.05) is 24.3 Å². The molecule has 188 valence electrons. The van der Waals surface area contributed by atoms with Crippen LogP contribution in [0.1, 0.15) is 56.1 Å². The standard InChI is InChI=1S/C32H36ClNO2/c1-23-29(26-6-3-2-4-7-26)8-5-9-30(23)34-20-16-25(17-21-34)22-24-14-18-32(19-15-24,31(35)36)27-10-12-28(33)13-11-27/h2-13,24-25H,14-22H2,1H3,(H,35,36). The van der Waals surface area contributed by atoms with Crippen LogP contribution in [0.5, 0.6) is 0 Å². The number of piperidine rings is 1. The third-order valence-electron chi connectivity index (χ3n) is 8.78. The van der Waals surface area contributed by atoms with Crippen LogP contribution in [0.2, 0.25) is 5.02 Å². The molecule has 1 N–H and O–H groups in total. The van der Waals surface area contributed by atoms with Gasteiger partial charge in [0.05, 0.1) is 5.41 Å². The number of hydrogen-bond acceptors (Lipinski definition) is 2. The van der Waals surface area contributed by atoms with Crippen molar-refractivity contribution in [3.05, 3.63) is 88.9 Å². The number of halogens is 1. The van der Waals surface area contributed by atoms with E-state index in [4.69, 9.17) is 11.6 Å². The van der Waals surface area contributed by atoms with Gasteiger partial charge in [-0.2, -0.15) is 0 Å². The summed E-state index contributed by atoms with van der Waals surface area (Å²) in [4.78, 5) is 14.9. The maximum absolute atomic E-state index is 12.3. The highest BCUT2D eigenvalue weighted by atomic mass is 35.5. The Morgan fingerprint density at radius 1 is 0.889 bits per heavy atom. The number of carbonyl (C=O) groups is 1. The minimum Gasteiger partial charge on any atom is -0.481 e. The van der Waals surface area contributed by atoms with Crippen molar-refractivity contribution in [2.45, 2.75) is 57.3 Å². The van der Waals surface area contributed by atoms with Crippen molar-refractivity contribution in [3.8, 4) is 11.1 Å². The summed E-state index contributed by atoms with van der Waals surface area (Å²) in [7, 11) is 0. The minimum atomic E-state index is -0.758. The summed E-state index contributed by atoms with van der Waals surface area (Å²) in [6.07, 6.45) is 7.09. The number of benzene rings is 3. The SMILES string of the molecule is Cc1c(-c2ccccc2)cccc1N1CCC(CC2CCC(C(=O)O)(c3ccc(Cl)cc3)CC2)CC1. The summed E-state index contributed by atoms with van der Waals surface area (Å²) in [5.74, 6) is 0.672. The fraction of sp³-hybridized carbons (Fsp3) is 0.406. The molecule has 36 heavy (non-hydrogen) atoms. The summed E-state index contributed by atoms with van der Waals surface area (Å²) >= 11 is 6.05. The van der Waals surface area contributed by atoms with E-state index in [2.05, 4.69) is 60.4 Å². The average Bonchev–Trinajstić information content (AvgIpc) is 2.91. The van der Waals surface area contributed by atoms with E-state index in [0.717, 1.165) is 50.3 Å². The van der Waals surface area contributed by atoms with E-state index >= 15 is 0 Å². The maximum Gasteiger partial charge on any atom is 0.314 e. The molecule has 0 radical (unpaired) electrons. The molecule has 1 aliphatic heterocycles. The average molecular weight is 502 g/mol. The van der Waals surface area contributed by atoms with Gasteiger partial charge in [0.1, 0.15) is 0 Å². The fourth-order valence-corrected chi connectivity index (χ4v) is 6.70. The first-order valence-electron chi connectivity index (χ1n) is 13.4. The van der Waals surface area contributed by atoms with Crippen molar-refractivity contribution in [1.29, 1.82) is 0 Å². The zero-order valence-electron chi connectivity index (χ0n) is 21.1. The van der Waals surface area contributed by atoms with Gasteiger partial charge >= 0.3 is 5.97 Å². The Bertz CT molecular complexity index is 1170. The molecule has 0 bridgehead atoms. The number of aliphatic carboxylic acids is 1. The third-order valence-corrected chi connectivity index (χ3v) is 9.03. The third kappa shape index (κ3) is 5.04. The van der Waals surface area contributed by atoms with Crippen molar-refractivity contribution in [2.75, 3.05) is 18.0 Å². The van der Waals surface area contributed by atoms with E-state index in [1.54, 1.807) is 0 Å². The summed E-state index contributed by atoms with van der Waals surface area (Å²) in [6, 6.07) is 24.8. The zero-order valence-corrected chi connectivity index (χ0v) is 21.9. The Morgan fingerprint density at radius 2 is 1.53 bits per heavy atom. The van der Waals surface area contributed by atoms with Crippen LogP contribution < -0.4 is 4.90 Å². The molecular formula is C32H36ClNO2. The molecule has 2 fully saturated rings. The van der Waals surface area contributed by atoms with Crippen LogP contribution in [0.25, 0.3) is 11.1 Å². The monoisotopic (exact) mass is 501 g/mol. The summed E-state index contributed by atoms with van der Waals surface area (Å²) in [5, 5.41) is 10.8. The number of carboxylic acids is 1. The molecule has 1 aliphatic carbocycles. The predicted octanol–water partition coefficient (Wildman–Crippen LogP) is 8.13. The van der Waals surface area contributed by atoms with Gasteiger partial charge in [-0.25, -0.2) is 0 Å². The molecule has 3 aromatic carbocycles. The van der Waals surface area contributed by atoms with Gasteiger partial charge in [0.2, 0.25) is 0 Å². The van der Waals surface area contributed by atoms with Gasteiger partial charge in [-0.05, 0) is 104 Å². The van der Waals surface area contributed by atoms with E-state index in [1.165, 1.54) is 41.6 Å². The van der Waals surface area contributed by atoms with Crippen molar-refractivity contribution in [1.82, 2.24) is 0 Å². The lowest BCUT2D eigenvalue weighted by Crippen LogP contribution is -2.40. The van der Waals surface area contributed by atoms with Crippen molar-refractivity contribution < 1.29 is 9.90 Å². The Hall–Kier alpha value is -2.78. The van der Waals surface area contributed by atoms with Crippen molar-refractivity contribution >= 4 is 23.3 Å². The number of hydrogen-bond donors (Lipinski definition) is 1. The second-order valence-corrected chi connectivity index (χ2v) is 11.3. The Balaban J connectivity index is 1.18. The van der Waals surface area contributed by atoms with Gasteiger partial charge < -0.3 is 10.0 Å². The van der Waals surface area contributed by atoms with Crippen LogP contribution >= 0.6 is 11.6 Å². The van der Waals surface area contributed by atoms with Crippen molar-refractivity contribution in [3.63, 3.8) is 0 Å². The van der Waals surface area contributed by atoms with Crippen LogP contribution in [-0.2, 0) is 10.2 Å². The molecule has 3 aromatic rings. The number of carboxylic acid groups (broad SMARTS) is 1. The molecule has 0 atom stereocenters. The van der Waals surface area contributed by atoms with Crippen LogP contribution in [0.3, 0.4) is 0 Å². The second-order valence-electron chi connectivity index (χ2n) is 10.8. The van der Waals surface area contributed by atoms with E-state index in [0.29, 0.717) is 10.9 Å². The first-order valence-corrected chi connectivity index (χ1v) is 13.7. The van der Waals surface area contributed by atoms with Crippen LogP contribution in [0.15, 0.2) is 72.8 Å². The zero-order chi connectivity index (χ0) is 25.1. The normalized spacial score (nSPS) is 22.9. The summed E-state index contributed by atoms with van der Waals surface area (Å²) < 4.78 is 0. The largest absolute Gasteiger partial charge is 0.481 e. The Morgan fingerprint density at radius 3 is 2.17 bits per heavy atom. The van der Waals surface area contributed by atoms with Gasteiger partial charge in [0.15, 0.2) is 0 Å². The predicted molar refractivity (Wildman–Crippen MR) is 149 cm³/mol. The topological polar surface area (TPSA) is 40.5 Å². The molecule has 0 aromatic heterocycles. The van der Waals surface area contributed by atoms with E-state index in [9.17, 15) is 9.90 Å². The Labute approximate surface area is 220 Å². The molecule has 5 rings (SSSR count).